The second-order valence-electron chi connectivity index (χ2n) is 3.65. The lowest BCUT2D eigenvalue weighted by molar-refractivity contribution is 0.427. The highest BCUT2D eigenvalue weighted by atomic mass is 32.2. The molecule has 0 unspecified atom stereocenters. The average molecular weight is 271 g/mol. The first-order valence-electron chi connectivity index (χ1n) is 4.72. The summed E-state index contributed by atoms with van der Waals surface area (Å²) in [5, 5.41) is 18.9. The van der Waals surface area contributed by atoms with Crippen LogP contribution in [0.2, 0.25) is 0 Å². The van der Waals surface area contributed by atoms with Gasteiger partial charge < -0.3 is 10.0 Å². The zero-order valence-corrected chi connectivity index (χ0v) is 10.5. The maximum atomic E-state index is 11.1. The van der Waals surface area contributed by atoms with E-state index in [1.807, 2.05) is 0 Å². The Hall–Kier alpha value is -1.09. The molecule has 8 heteroatoms. The molecule has 0 saturated heterocycles. The van der Waals surface area contributed by atoms with E-state index in [2.05, 4.69) is 4.72 Å². The highest BCUT2D eigenvalue weighted by Gasteiger charge is 2.14. The van der Waals surface area contributed by atoms with Gasteiger partial charge in [-0.1, -0.05) is 6.07 Å². The third kappa shape index (κ3) is 2.98. The molecular weight excluding hydrogens is 261 g/mol. The Kier molecular flexibility index (Phi) is 3.13. The smallest absolute Gasteiger partial charge is 0.423 e. The number of anilines is 1. The molecule has 5 nitrogen and oxygen atoms in total. The highest BCUT2D eigenvalue weighted by Crippen LogP contribution is 2.23. The van der Waals surface area contributed by atoms with Crippen molar-refractivity contribution in [2.75, 3.05) is 11.0 Å². The second kappa shape index (κ2) is 4.30. The van der Waals surface area contributed by atoms with E-state index in [4.69, 9.17) is 10.0 Å². The van der Waals surface area contributed by atoms with Crippen LogP contribution in [0.4, 0.5) is 5.69 Å². The number of sulfonamides is 1. The van der Waals surface area contributed by atoms with Gasteiger partial charge in [0.2, 0.25) is 10.0 Å². The van der Waals surface area contributed by atoms with Gasteiger partial charge in [-0.3, -0.25) is 4.72 Å². The third-order valence-electron chi connectivity index (χ3n) is 2.10. The van der Waals surface area contributed by atoms with Gasteiger partial charge in [0.1, 0.15) is 0 Å². The summed E-state index contributed by atoms with van der Waals surface area (Å²) in [6.45, 7) is 0. The van der Waals surface area contributed by atoms with Crippen LogP contribution in [-0.4, -0.2) is 31.8 Å². The Morgan fingerprint density at radius 2 is 2.00 bits per heavy atom. The van der Waals surface area contributed by atoms with E-state index in [-0.39, 0.29) is 0 Å². The van der Waals surface area contributed by atoms with Crippen molar-refractivity contribution in [3.63, 3.8) is 0 Å². The summed E-state index contributed by atoms with van der Waals surface area (Å²) in [6.07, 6.45) is 1.08. The number of benzene rings is 1. The van der Waals surface area contributed by atoms with Crippen LogP contribution in [0, 0.1) is 0 Å². The van der Waals surface area contributed by atoms with Gasteiger partial charge in [0.15, 0.2) is 0 Å². The molecule has 0 saturated carbocycles. The first kappa shape index (κ1) is 12.4. The maximum absolute atomic E-state index is 11.1. The third-order valence-corrected chi connectivity index (χ3v) is 3.84. The fourth-order valence-corrected chi connectivity index (χ4v) is 2.99. The first-order valence-corrected chi connectivity index (χ1v) is 7.43. The molecule has 0 fully saturated rings. The van der Waals surface area contributed by atoms with Crippen molar-refractivity contribution in [2.45, 2.75) is 0 Å². The van der Waals surface area contributed by atoms with E-state index >= 15 is 0 Å². The fraction of sp³-hybridized carbons (Fsp3) is 0.111. The zero-order chi connectivity index (χ0) is 12.6. The van der Waals surface area contributed by atoms with Crippen LogP contribution in [0.5, 0.6) is 0 Å². The second-order valence-corrected chi connectivity index (χ2v) is 6.51. The summed E-state index contributed by atoms with van der Waals surface area (Å²) in [7, 11) is -4.80. The standard InChI is InChI=1S/C9H10BNO4S2/c1-17(14,15)11-7-3-2-6-4-9(10(12)13)16-8(6)5-7/h2-5,11-13H,1H3. The SMILES string of the molecule is CS(=O)(=O)Nc1ccc2cc(B(O)O)sc2c1. The molecule has 0 spiro atoms. The van der Waals surface area contributed by atoms with Gasteiger partial charge in [-0.25, -0.2) is 8.42 Å². The van der Waals surface area contributed by atoms with E-state index < -0.39 is 17.1 Å². The van der Waals surface area contributed by atoms with E-state index in [0.717, 1.165) is 16.3 Å². The summed E-state index contributed by atoms with van der Waals surface area (Å²) >= 11 is 1.21. The molecule has 0 aliphatic carbocycles. The van der Waals surface area contributed by atoms with Gasteiger partial charge in [-0.2, -0.15) is 0 Å². The number of thiophene rings is 1. The van der Waals surface area contributed by atoms with Crippen molar-refractivity contribution in [1.29, 1.82) is 0 Å². The number of hydrogen-bond acceptors (Lipinski definition) is 5. The normalized spacial score (nSPS) is 11.7. The largest absolute Gasteiger partial charge is 0.499 e. The zero-order valence-electron chi connectivity index (χ0n) is 8.91. The molecule has 1 aromatic carbocycles. The summed E-state index contributed by atoms with van der Waals surface area (Å²) < 4.78 is 25.7. The van der Waals surface area contributed by atoms with E-state index in [9.17, 15) is 8.42 Å². The molecule has 0 aliphatic rings. The van der Waals surface area contributed by atoms with E-state index in [1.54, 1.807) is 24.3 Å². The lowest BCUT2D eigenvalue weighted by Gasteiger charge is -2.02. The van der Waals surface area contributed by atoms with Gasteiger partial charge in [0.25, 0.3) is 0 Å². The molecule has 90 valence electrons. The van der Waals surface area contributed by atoms with Crippen LogP contribution in [0.25, 0.3) is 10.1 Å². The predicted molar refractivity (Wildman–Crippen MR) is 70.1 cm³/mol. The van der Waals surface area contributed by atoms with Crippen molar-refractivity contribution in [2.24, 2.45) is 0 Å². The van der Waals surface area contributed by atoms with Crippen LogP contribution >= 0.6 is 11.3 Å². The van der Waals surface area contributed by atoms with Crippen molar-refractivity contribution >= 4 is 49.0 Å². The maximum Gasteiger partial charge on any atom is 0.499 e. The Morgan fingerprint density at radius 1 is 1.29 bits per heavy atom. The number of fused-ring (bicyclic) bond motifs is 1. The first-order chi connectivity index (χ1) is 7.85. The predicted octanol–water partition coefficient (Wildman–Crippen LogP) is -0.0474. The van der Waals surface area contributed by atoms with Crippen molar-refractivity contribution in [3.05, 3.63) is 24.3 Å². The molecule has 0 bridgehead atoms. The lowest BCUT2D eigenvalue weighted by Crippen LogP contribution is -2.26. The topological polar surface area (TPSA) is 86.6 Å². The molecule has 0 atom stereocenters. The minimum atomic E-state index is -3.30. The summed E-state index contributed by atoms with van der Waals surface area (Å²) in [5.41, 5.74) is 0.459. The molecule has 0 amide bonds. The van der Waals surface area contributed by atoms with Crippen LogP contribution in [0.15, 0.2) is 24.3 Å². The molecule has 0 aliphatic heterocycles. The number of hydrogen-bond donors (Lipinski definition) is 3. The van der Waals surface area contributed by atoms with E-state index in [1.165, 1.54) is 11.3 Å². The Morgan fingerprint density at radius 3 is 2.59 bits per heavy atom. The monoisotopic (exact) mass is 271 g/mol. The molecule has 1 heterocycles. The molecular formula is C9H10BNO4S2. The van der Waals surface area contributed by atoms with Gasteiger partial charge in [-0.15, -0.1) is 11.3 Å². The fourth-order valence-electron chi connectivity index (χ4n) is 1.46. The van der Waals surface area contributed by atoms with Crippen LogP contribution in [-0.2, 0) is 10.0 Å². The Balaban J connectivity index is 2.43. The molecule has 0 radical (unpaired) electrons. The van der Waals surface area contributed by atoms with Crippen molar-refractivity contribution < 1.29 is 18.5 Å². The molecule has 2 aromatic rings. The van der Waals surface area contributed by atoms with Gasteiger partial charge in [-0.05, 0) is 23.6 Å². The number of nitrogens with one attached hydrogen (secondary N) is 1. The lowest BCUT2D eigenvalue weighted by atomic mass is 9.89. The summed E-state index contributed by atoms with van der Waals surface area (Å²) in [4.78, 5) is 0. The van der Waals surface area contributed by atoms with Gasteiger partial charge in [0, 0.05) is 15.2 Å². The van der Waals surface area contributed by atoms with Crippen LogP contribution in [0.3, 0.4) is 0 Å². The van der Waals surface area contributed by atoms with Crippen molar-refractivity contribution in [3.8, 4) is 0 Å². The molecule has 2 rings (SSSR count). The molecule has 3 N–H and O–H groups in total. The summed E-state index contributed by atoms with van der Waals surface area (Å²) in [5.74, 6) is 0. The minimum absolute atomic E-state index is 0.427. The Bertz CT molecular complexity index is 650. The van der Waals surface area contributed by atoms with Crippen molar-refractivity contribution in [1.82, 2.24) is 0 Å². The Labute approximate surface area is 103 Å². The number of rotatable bonds is 3. The van der Waals surface area contributed by atoms with Crippen LogP contribution < -0.4 is 9.50 Å². The molecule has 17 heavy (non-hydrogen) atoms. The average Bonchev–Trinajstić information content (AvgIpc) is 2.57. The van der Waals surface area contributed by atoms with Crippen LogP contribution in [0.1, 0.15) is 0 Å². The highest BCUT2D eigenvalue weighted by molar-refractivity contribution is 7.92. The quantitative estimate of drug-likeness (QED) is 0.683. The summed E-state index contributed by atoms with van der Waals surface area (Å²) in [6, 6.07) is 6.68. The van der Waals surface area contributed by atoms with Gasteiger partial charge in [0.05, 0.1) is 6.26 Å². The van der Waals surface area contributed by atoms with E-state index in [0.29, 0.717) is 10.5 Å². The minimum Gasteiger partial charge on any atom is -0.423 e. The van der Waals surface area contributed by atoms with Gasteiger partial charge >= 0.3 is 7.12 Å². The molecule has 1 aromatic heterocycles.